The molecule has 0 bridgehead atoms. The molecule has 0 radical (unpaired) electrons. The molecule has 3 N–H and O–H groups in total. The third-order valence-corrected chi connectivity index (χ3v) is 11.0. The molecule has 8 nitrogen and oxygen atoms in total. The number of allylic oxidation sites excluding steroid dienone is 16. The van der Waals surface area contributed by atoms with Crippen molar-refractivity contribution in [3.05, 3.63) is 97.2 Å². The molecule has 0 heterocycles. The Bertz CT molecular complexity index is 1270. The Kier molecular flexibility index (Phi) is 47.4. The molecule has 0 aromatic rings. The van der Waals surface area contributed by atoms with Gasteiger partial charge in [-0.25, -0.2) is 4.57 Å². The summed E-state index contributed by atoms with van der Waals surface area (Å²) in [5.41, 5.74) is 5.38. The van der Waals surface area contributed by atoms with Gasteiger partial charge in [0.05, 0.1) is 19.8 Å². The minimum Gasteiger partial charge on any atom is -0.457 e. The zero-order chi connectivity index (χ0) is 45.1. The first-order valence-electron chi connectivity index (χ1n) is 24.7. The molecule has 2 atom stereocenters. The van der Waals surface area contributed by atoms with Gasteiger partial charge in [-0.3, -0.25) is 13.8 Å². The number of nitrogens with two attached hydrogens (primary N) is 1. The van der Waals surface area contributed by atoms with Gasteiger partial charge in [0.15, 0.2) is 0 Å². The van der Waals surface area contributed by atoms with Gasteiger partial charge in [-0.15, -0.1) is 0 Å². The Hall–Kier alpha value is -2.58. The standard InChI is InChI=1S/C53H92NO7P/c1-3-5-7-9-11-13-15-17-19-21-23-24-25-26-27-29-31-33-35-37-39-41-43-45-48-58-50-52(51-60-62(56,57)59-49-47-54)61-53(55)46-44-42-40-38-36-34-32-30-28-22-20-18-16-14-12-10-8-6-4-2/h6,8,12,14-15,17-18,20-21,23,25-26,28,30,34,36,52H,3-5,7,9-11,13,16,19,22,24,27,29,31-33,35,37-51,54H2,1-2H3,(H,56,57)/b8-6-,14-12-,17-15-,20-18-,23-21-,26-25-,30-28-,36-34-. The second-order valence-electron chi connectivity index (χ2n) is 15.9. The van der Waals surface area contributed by atoms with Crippen molar-refractivity contribution in [2.75, 3.05) is 33.0 Å². The molecule has 0 aliphatic carbocycles. The molecule has 0 fully saturated rings. The first kappa shape index (κ1) is 59.4. The van der Waals surface area contributed by atoms with E-state index < -0.39 is 13.9 Å². The van der Waals surface area contributed by atoms with Crippen molar-refractivity contribution < 1.29 is 32.8 Å². The lowest BCUT2D eigenvalue weighted by molar-refractivity contribution is -0.154. The normalized spacial score (nSPS) is 14.2. The number of ether oxygens (including phenoxy) is 2. The van der Waals surface area contributed by atoms with Crippen LogP contribution in [0.15, 0.2) is 97.2 Å². The fraction of sp³-hybridized carbons (Fsp3) is 0.679. The minimum atomic E-state index is -4.30. The minimum absolute atomic E-state index is 0.0882. The lowest BCUT2D eigenvalue weighted by Gasteiger charge is -2.20. The number of hydrogen-bond donors (Lipinski definition) is 2. The van der Waals surface area contributed by atoms with E-state index in [4.69, 9.17) is 24.3 Å². The van der Waals surface area contributed by atoms with Crippen molar-refractivity contribution in [3.63, 3.8) is 0 Å². The fourth-order valence-electron chi connectivity index (χ4n) is 6.38. The largest absolute Gasteiger partial charge is 0.472 e. The molecule has 0 saturated carbocycles. The van der Waals surface area contributed by atoms with Crippen molar-refractivity contribution >= 4 is 13.8 Å². The topological polar surface area (TPSA) is 117 Å². The van der Waals surface area contributed by atoms with E-state index >= 15 is 0 Å². The summed E-state index contributed by atoms with van der Waals surface area (Å²) in [5, 5.41) is 0. The first-order valence-corrected chi connectivity index (χ1v) is 26.2. The van der Waals surface area contributed by atoms with Gasteiger partial charge in [0.1, 0.15) is 6.10 Å². The highest BCUT2D eigenvalue weighted by Gasteiger charge is 2.25. The molecule has 0 aromatic carbocycles. The second-order valence-corrected chi connectivity index (χ2v) is 17.4. The zero-order valence-corrected chi connectivity index (χ0v) is 40.5. The summed E-state index contributed by atoms with van der Waals surface area (Å²) in [7, 11) is -4.30. The van der Waals surface area contributed by atoms with Crippen LogP contribution >= 0.6 is 7.82 Å². The summed E-state index contributed by atoms with van der Waals surface area (Å²) in [6, 6.07) is 0. The molecular weight excluding hydrogens is 794 g/mol. The quantitative estimate of drug-likeness (QED) is 0.0269. The molecule has 0 spiro atoms. The summed E-state index contributed by atoms with van der Waals surface area (Å²) in [6.07, 6.45) is 65.8. The fourth-order valence-corrected chi connectivity index (χ4v) is 7.15. The summed E-state index contributed by atoms with van der Waals surface area (Å²) in [5.74, 6) is -0.366. The molecule has 0 saturated heterocycles. The van der Waals surface area contributed by atoms with Crippen molar-refractivity contribution in [1.29, 1.82) is 0 Å². The number of rotatable bonds is 46. The first-order chi connectivity index (χ1) is 30.4. The van der Waals surface area contributed by atoms with Crippen LogP contribution in [0.4, 0.5) is 0 Å². The number of esters is 1. The predicted molar refractivity (Wildman–Crippen MR) is 265 cm³/mol. The van der Waals surface area contributed by atoms with Gasteiger partial charge in [0.25, 0.3) is 0 Å². The van der Waals surface area contributed by atoms with Crippen LogP contribution in [0.5, 0.6) is 0 Å². The van der Waals surface area contributed by atoms with Crippen LogP contribution in [0.1, 0.15) is 194 Å². The maximum atomic E-state index is 12.6. The van der Waals surface area contributed by atoms with Gasteiger partial charge < -0.3 is 20.1 Å². The maximum absolute atomic E-state index is 12.6. The molecule has 0 aromatic heterocycles. The lowest BCUT2D eigenvalue weighted by Crippen LogP contribution is -2.28. The summed E-state index contributed by atoms with van der Waals surface area (Å²) in [4.78, 5) is 22.6. The van der Waals surface area contributed by atoms with E-state index in [1.54, 1.807) is 0 Å². The van der Waals surface area contributed by atoms with Crippen molar-refractivity contribution in [2.24, 2.45) is 5.73 Å². The Morgan fingerprint density at radius 1 is 0.500 bits per heavy atom. The average molecular weight is 886 g/mol. The average Bonchev–Trinajstić information content (AvgIpc) is 3.26. The van der Waals surface area contributed by atoms with Crippen LogP contribution in [0, 0.1) is 0 Å². The van der Waals surface area contributed by atoms with E-state index in [-0.39, 0.29) is 38.8 Å². The van der Waals surface area contributed by atoms with Crippen molar-refractivity contribution in [3.8, 4) is 0 Å². The predicted octanol–water partition coefficient (Wildman–Crippen LogP) is 15.4. The van der Waals surface area contributed by atoms with Gasteiger partial charge in [0, 0.05) is 19.6 Å². The van der Waals surface area contributed by atoms with E-state index in [0.717, 1.165) is 77.0 Å². The van der Waals surface area contributed by atoms with Crippen LogP contribution in [-0.4, -0.2) is 49.9 Å². The van der Waals surface area contributed by atoms with E-state index in [1.807, 2.05) is 0 Å². The molecule has 0 rings (SSSR count). The van der Waals surface area contributed by atoms with E-state index in [1.165, 1.54) is 89.9 Å². The number of hydrogen-bond acceptors (Lipinski definition) is 7. The van der Waals surface area contributed by atoms with Crippen LogP contribution in [-0.2, 0) is 27.9 Å². The Morgan fingerprint density at radius 3 is 1.35 bits per heavy atom. The molecular formula is C53H92NO7P. The Balaban J connectivity index is 4.06. The molecule has 0 aliphatic heterocycles. The van der Waals surface area contributed by atoms with Crippen LogP contribution < -0.4 is 5.73 Å². The highest BCUT2D eigenvalue weighted by molar-refractivity contribution is 7.47. The summed E-state index contributed by atoms with van der Waals surface area (Å²) >= 11 is 0. The number of carbonyl (C=O) groups excluding carboxylic acids is 1. The van der Waals surface area contributed by atoms with Gasteiger partial charge in [-0.2, -0.15) is 0 Å². The highest BCUT2D eigenvalue weighted by Crippen LogP contribution is 2.43. The van der Waals surface area contributed by atoms with E-state index in [9.17, 15) is 14.3 Å². The van der Waals surface area contributed by atoms with Crippen molar-refractivity contribution in [1.82, 2.24) is 0 Å². The third kappa shape index (κ3) is 48.5. The maximum Gasteiger partial charge on any atom is 0.472 e. The van der Waals surface area contributed by atoms with Crippen molar-refractivity contribution in [2.45, 2.75) is 200 Å². The highest BCUT2D eigenvalue weighted by atomic mass is 31.2. The molecule has 62 heavy (non-hydrogen) atoms. The summed E-state index contributed by atoms with van der Waals surface area (Å²) in [6.45, 7) is 4.72. The Morgan fingerprint density at radius 2 is 0.903 bits per heavy atom. The molecule has 2 unspecified atom stereocenters. The molecule has 0 aliphatic rings. The van der Waals surface area contributed by atoms with E-state index in [2.05, 4.69) is 111 Å². The van der Waals surface area contributed by atoms with Crippen LogP contribution in [0.3, 0.4) is 0 Å². The SMILES string of the molecule is CC/C=C\C/C=C\C/C=C\C/C=C\C/C=C\CCCCCC(=O)OC(COCCCCCCCCCCC/C=C\C/C=C\C/C=C\CCCCCCC)COP(=O)(O)OCCN. The third-order valence-electron chi connectivity index (χ3n) is 9.99. The van der Waals surface area contributed by atoms with Gasteiger partial charge >= 0.3 is 13.8 Å². The summed E-state index contributed by atoms with van der Waals surface area (Å²) < 4.78 is 33.5. The smallest absolute Gasteiger partial charge is 0.457 e. The molecule has 356 valence electrons. The lowest BCUT2D eigenvalue weighted by atomic mass is 10.1. The number of phosphoric acid groups is 1. The van der Waals surface area contributed by atoms with E-state index in [0.29, 0.717) is 13.0 Å². The zero-order valence-electron chi connectivity index (χ0n) is 39.6. The van der Waals surface area contributed by atoms with Gasteiger partial charge in [0.2, 0.25) is 0 Å². The van der Waals surface area contributed by atoms with Crippen LogP contribution in [0.25, 0.3) is 0 Å². The molecule has 9 heteroatoms. The number of phosphoric ester groups is 1. The van der Waals surface area contributed by atoms with Gasteiger partial charge in [-0.1, -0.05) is 188 Å². The number of unbranched alkanes of at least 4 members (excludes halogenated alkanes) is 17. The number of carbonyl (C=O) groups is 1. The Labute approximate surface area is 380 Å². The monoisotopic (exact) mass is 886 g/mol. The van der Waals surface area contributed by atoms with Crippen LogP contribution in [0.2, 0.25) is 0 Å². The van der Waals surface area contributed by atoms with Gasteiger partial charge in [-0.05, 0) is 96.3 Å². The second kappa shape index (κ2) is 49.4. The molecule has 0 amide bonds.